The first-order valence-electron chi connectivity index (χ1n) is 9.11. The van der Waals surface area contributed by atoms with Crippen molar-refractivity contribution in [2.24, 2.45) is 0 Å². The Morgan fingerprint density at radius 1 is 1.07 bits per heavy atom. The zero-order valence-corrected chi connectivity index (χ0v) is 16.5. The van der Waals surface area contributed by atoms with Gasteiger partial charge in [-0.3, -0.25) is 4.31 Å². The number of halogens is 2. The second-order valence-electron chi connectivity index (χ2n) is 7.02. The maximum atomic E-state index is 12.6. The van der Waals surface area contributed by atoms with Gasteiger partial charge < -0.3 is 4.42 Å². The lowest BCUT2D eigenvalue weighted by atomic mass is 10.1. The zero-order valence-electron chi connectivity index (χ0n) is 15.7. The van der Waals surface area contributed by atoms with Gasteiger partial charge in [0.25, 0.3) is 5.89 Å². The summed E-state index contributed by atoms with van der Waals surface area (Å²) in [7, 11) is -3.49. The number of fused-ring (bicyclic) bond motifs is 1. The molecule has 29 heavy (non-hydrogen) atoms. The van der Waals surface area contributed by atoms with E-state index in [0.29, 0.717) is 11.3 Å². The van der Waals surface area contributed by atoms with Crippen LogP contribution in [-0.4, -0.2) is 24.9 Å². The molecule has 0 bridgehead atoms. The van der Waals surface area contributed by atoms with Gasteiger partial charge in [-0.25, -0.2) is 8.42 Å². The van der Waals surface area contributed by atoms with Crippen molar-refractivity contribution in [1.29, 1.82) is 0 Å². The summed E-state index contributed by atoms with van der Waals surface area (Å²) in [4.78, 5) is 0. The standard InChI is InChI=1S/C20H19F2N3O3S/c1-29(26,27)25(17-10-9-14-3-2-4-16(14)11-17)12-13-5-7-15(8-6-13)19-23-24-20(28-19)18(21)22/h5-11,18H,2-4,12H2,1H3. The number of hydrogen-bond donors (Lipinski definition) is 0. The number of alkyl halides is 2. The van der Waals surface area contributed by atoms with Crippen LogP contribution in [0, 0.1) is 0 Å². The smallest absolute Gasteiger partial charge is 0.314 e. The average Bonchev–Trinajstić information content (AvgIpc) is 3.34. The molecule has 0 unspecified atom stereocenters. The molecule has 1 aliphatic rings. The highest BCUT2D eigenvalue weighted by Gasteiger charge is 2.21. The van der Waals surface area contributed by atoms with Crippen LogP contribution < -0.4 is 4.31 Å². The second-order valence-corrected chi connectivity index (χ2v) is 8.93. The number of hydrogen-bond acceptors (Lipinski definition) is 5. The van der Waals surface area contributed by atoms with Gasteiger partial charge in [0.05, 0.1) is 18.5 Å². The van der Waals surface area contributed by atoms with Crippen LogP contribution in [-0.2, 0) is 29.4 Å². The maximum Gasteiger partial charge on any atom is 0.314 e. The lowest BCUT2D eigenvalue weighted by Gasteiger charge is -2.23. The lowest BCUT2D eigenvalue weighted by molar-refractivity contribution is 0.116. The topological polar surface area (TPSA) is 76.3 Å². The largest absolute Gasteiger partial charge is 0.415 e. The number of benzene rings is 2. The van der Waals surface area contributed by atoms with Crippen molar-refractivity contribution in [3.05, 3.63) is 65.0 Å². The van der Waals surface area contributed by atoms with E-state index in [1.165, 1.54) is 21.7 Å². The SMILES string of the molecule is CS(=O)(=O)N(Cc1ccc(-c2nnc(C(F)F)o2)cc1)c1ccc2c(c1)CCC2. The van der Waals surface area contributed by atoms with Crippen LogP contribution in [0.4, 0.5) is 14.5 Å². The van der Waals surface area contributed by atoms with Gasteiger partial charge in [0.2, 0.25) is 15.9 Å². The van der Waals surface area contributed by atoms with Crippen molar-refractivity contribution in [2.45, 2.75) is 32.2 Å². The molecule has 9 heteroatoms. The molecule has 0 N–H and O–H groups in total. The molecule has 0 amide bonds. The van der Waals surface area contributed by atoms with Gasteiger partial charge >= 0.3 is 6.43 Å². The van der Waals surface area contributed by atoms with Crippen LogP contribution in [0.15, 0.2) is 46.9 Å². The molecular formula is C20H19F2N3O3S. The van der Waals surface area contributed by atoms with Crippen LogP contribution in [0.1, 0.15) is 35.4 Å². The van der Waals surface area contributed by atoms with Gasteiger partial charge in [-0.15, -0.1) is 10.2 Å². The molecule has 0 spiro atoms. The molecule has 2 aromatic carbocycles. The molecule has 1 aliphatic carbocycles. The summed E-state index contributed by atoms with van der Waals surface area (Å²) < 4.78 is 56.3. The third kappa shape index (κ3) is 4.14. The Morgan fingerprint density at radius 3 is 2.45 bits per heavy atom. The average molecular weight is 419 g/mol. The fourth-order valence-corrected chi connectivity index (χ4v) is 4.35. The summed E-state index contributed by atoms with van der Waals surface area (Å²) in [6.45, 7) is 0.157. The lowest BCUT2D eigenvalue weighted by Crippen LogP contribution is -2.29. The fraction of sp³-hybridized carbons (Fsp3) is 0.300. The van der Waals surface area contributed by atoms with E-state index in [1.54, 1.807) is 24.3 Å². The summed E-state index contributed by atoms with van der Waals surface area (Å²) in [5, 5.41) is 6.92. The Balaban J connectivity index is 1.58. The minimum absolute atomic E-state index is 0.00885. The quantitative estimate of drug-likeness (QED) is 0.601. The monoisotopic (exact) mass is 419 g/mol. The first-order valence-corrected chi connectivity index (χ1v) is 11.0. The number of anilines is 1. The molecule has 6 nitrogen and oxygen atoms in total. The maximum absolute atomic E-state index is 12.6. The molecule has 0 atom stereocenters. The fourth-order valence-electron chi connectivity index (χ4n) is 3.47. The van der Waals surface area contributed by atoms with Crippen molar-refractivity contribution in [3.8, 4) is 11.5 Å². The van der Waals surface area contributed by atoms with Crippen LogP contribution >= 0.6 is 0 Å². The van der Waals surface area contributed by atoms with Gasteiger partial charge in [0.1, 0.15) is 0 Å². The van der Waals surface area contributed by atoms with E-state index in [1.807, 2.05) is 18.2 Å². The van der Waals surface area contributed by atoms with Crippen LogP contribution in [0.5, 0.6) is 0 Å². The normalized spacial score (nSPS) is 13.7. The van der Waals surface area contributed by atoms with Gasteiger partial charge in [0.15, 0.2) is 0 Å². The minimum Gasteiger partial charge on any atom is -0.415 e. The second kappa shape index (κ2) is 7.55. The molecule has 0 radical (unpaired) electrons. The van der Waals surface area contributed by atoms with Crippen LogP contribution in [0.3, 0.4) is 0 Å². The Kier molecular flexibility index (Phi) is 5.08. The number of sulfonamides is 1. The number of nitrogens with zero attached hydrogens (tertiary/aromatic N) is 3. The molecule has 1 aromatic heterocycles. The molecule has 0 aliphatic heterocycles. The summed E-state index contributed by atoms with van der Waals surface area (Å²) in [6.07, 6.45) is 1.42. The number of rotatable bonds is 6. The van der Waals surface area contributed by atoms with E-state index >= 15 is 0 Å². The van der Waals surface area contributed by atoms with Gasteiger partial charge in [-0.2, -0.15) is 8.78 Å². The highest BCUT2D eigenvalue weighted by molar-refractivity contribution is 7.92. The van der Waals surface area contributed by atoms with Gasteiger partial charge in [-0.1, -0.05) is 18.2 Å². The minimum atomic E-state index is -3.49. The van der Waals surface area contributed by atoms with E-state index < -0.39 is 22.3 Å². The highest BCUT2D eigenvalue weighted by atomic mass is 32.2. The zero-order chi connectivity index (χ0) is 20.6. The van der Waals surface area contributed by atoms with Crippen molar-refractivity contribution in [3.63, 3.8) is 0 Å². The van der Waals surface area contributed by atoms with Crippen molar-refractivity contribution in [1.82, 2.24) is 10.2 Å². The first-order chi connectivity index (χ1) is 13.8. The molecular weight excluding hydrogens is 400 g/mol. The molecule has 3 aromatic rings. The van der Waals surface area contributed by atoms with Crippen molar-refractivity contribution >= 4 is 15.7 Å². The third-order valence-corrected chi connectivity index (χ3v) is 6.07. The van der Waals surface area contributed by atoms with E-state index in [4.69, 9.17) is 4.42 Å². The van der Waals surface area contributed by atoms with Crippen molar-refractivity contribution in [2.75, 3.05) is 10.6 Å². The van der Waals surface area contributed by atoms with E-state index in [9.17, 15) is 17.2 Å². The molecule has 1 heterocycles. The number of aromatic nitrogens is 2. The Bertz CT molecular complexity index is 1130. The van der Waals surface area contributed by atoms with E-state index in [2.05, 4.69) is 10.2 Å². The molecule has 4 rings (SSSR count). The Hall–Kier alpha value is -2.81. The highest BCUT2D eigenvalue weighted by Crippen LogP contribution is 2.29. The third-order valence-electron chi connectivity index (χ3n) is 4.92. The summed E-state index contributed by atoms with van der Waals surface area (Å²) in [6, 6.07) is 12.5. The van der Waals surface area contributed by atoms with Gasteiger partial charge in [0, 0.05) is 5.56 Å². The van der Waals surface area contributed by atoms with Crippen molar-refractivity contribution < 1.29 is 21.6 Å². The first kappa shape index (κ1) is 19.5. The summed E-state index contributed by atoms with van der Waals surface area (Å²) in [5.74, 6) is -0.741. The molecule has 0 fully saturated rings. The molecule has 0 saturated carbocycles. The van der Waals surface area contributed by atoms with Crippen LogP contribution in [0.2, 0.25) is 0 Å². The van der Waals surface area contributed by atoms with E-state index in [-0.39, 0.29) is 12.4 Å². The number of aryl methyl sites for hydroxylation is 2. The van der Waals surface area contributed by atoms with Gasteiger partial charge in [-0.05, 0) is 60.2 Å². The van der Waals surface area contributed by atoms with Crippen LogP contribution in [0.25, 0.3) is 11.5 Å². The molecule has 152 valence electrons. The van der Waals surface area contributed by atoms with E-state index in [0.717, 1.165) is 24.8 Å². The summed E-state index contributed by atoms with van der Waals surface area (Å²) >= 11 is 0. The summed E-state index contributed by atoms with van der Waals surface area (Å²) in [5.41, 5.74) is 4.33. The predicted molar refractivity (Wildman–Crippen MR) is 104 cm³/mol. The molecule has 0 saturated heterocycles. The Morgan fingerprint density at radius 2 is 1.79 bits per heavy atom. The Labute approximate surface area is 167 Å². The predicted octanol–water partition coefficient (Wildman–Crippen LogP) is 4.13.